The molecular formula is C26H41Cl2NO3. The molecule has 1 N–H and O–H groups in total. The Balaban J connectivity index is 2.16. The molecule has 2 atom stereocenters. The number of ether oxygens (including phenoxy) is 1. The van der Waals surface area contributed by atoms with Gasteiger partial charge in [0.05, 0.1) is 0 Å². The standard InChI is InChI=1S/C26H41Cl2NO3/c1-3-4-5-6-7-8-9-10-12-17-23(27)18-15-16-21-32-26(28,22(2)30)25(31)29-24-19-13-11-14-20-24/h11,13-14,19-20,23H,3-10,12,15-18,21H2,1-2H3,(H,29,31). The van der Waals surface area contributed by atoms with Crippen LogP contribution in [0.3, 0.4) is 0 Å². The number of ketones is 1. The highest BCUT2D eigenvalue weighted by atomic mass is 35.5. The van der Waals surface area contributed by atoms with Crippen LogP contribution in [0.1, 0.15) is 97.3 Å². The molecule has 0 spiro atoms. The number of anilines is 1. The molecule has 1 amide bonds. The van der Waals surface area contributed by atoms with Gasteiger partial charge in [0.2, 0.25) is 0 Å². The number of Topliss-reactive ketones (excluding diaryl/α,β-unsaturated/α-hetero) is 1. The summed E-state index contributed by atoms with van der Waals surface area (Å²) in [6.45, 7) is 3.74. The van der Waals surface area contributed by atoms with E-state index in [9.17, 15) is 9.59 Å². The van der Waals surface area contributed by atoms with E-state index >= 15 is 0 Å². The summed E-state index contributed by atoms with van der Waals surface area (Å²) in [6.07, 6.45) is 15.3. The van der Waals surface area contributed by atoms with Crippen molar-refractivity contribution in [3.63, 3.8) is 0 Å². The van der Waals surface area contributed by atoms with Crippen LogP contribution in [-0.4, -0.2) is 28.7 Å². The lowest BCUT2D eigenvalue weighted by Gasteiger charge is -2.23. The molecule has 0 aliphatic carbocycles. The average molecular weight is 487 g/mol. The van der Waals surface area contributed by atoms with Crippen molar-refractivity contribution in [1.82, 2.24) is 0 Å². The minimum atomic E-state index is -2.01. The molecule has 0 aliphatic rings. The molecule has 1 aromatic rings. The summed E-state index contributed by atoms with van der Waals surface area (Å²) in [5.74, 6) is -1.20. The monoisotopic (exact) mass is 485 g/mol. The third-order valence-corrected chi connectivity index (χ3v) is 6.59. The Hall–Kier alpha value is -1.10. The predicted molar refractivity (Wildman–Crippen MR) is 136 cm³/mol. The van der Waals surface area contributed by atoms with Gasteiger partial charge in [-0.15, -0.1) is 11.6 Å². The van der Waals surface area contributed by atoms with Crippen LogP contribution >= 0.6 is 23.2 Å². The normalized spacial score (nSPS) is 14.0. The molecule has 32 heavy (non-hydrogen) atoms. The Bertz CT molecular complexity index is 641. The van der Waals surface area contributed by atoms with E-state index in [1.807, 2.05) is 6.07 Å². The van der Waals surface area contributed by atoms with Crippen LogP contribution in [0.5, 0.6) is 0 Å². The Morgan fingerprint density at radius 3 is 2.00 bits per heavy atom. The largest absolute Gasteiger partial charge is 0.345 e. The SMILES string of the molecule is CCCCCCCCCCCC(Cl)CCCCOC(Cl)(C(C)=O)C(=O)Nc1ccccc1. The van der Waals surface area contributed by atoms with Crippen molar-refractivity contribution in [3.05, 3.63) is 30.3 Å². The first-order chi connectivity index (χ1) is 15.4. The molecule has 0 fully saturated rings. The Morgan fingerprint density at radius 1 is 0.906 bits per heavy atom. The fourth-order valence-electron chi connectivity index (χ4n) is 3.56. The summed E-state index contributed by atoms with van der Waals surface area (Å²) in [7, 11) is 0. The summed E-state index contributed by atoms with van der Waals surface area (Å²) >= 11 is 12.7. The smallest absolute Gasteiger partial charge is 0.280 e. The fourth-order valence-corrected chi connectivity index (χ4v) is 3.99. The summed E-state index contributed by atoms with van der Waals surface area (Å²) < 4.78 is 5.53. The zero-order valence-electron chi connectivity index (χ0n) is 19.8. The molecule has 0 bridgehead atoms. The Morgan fingerprint density at radius 2 is 1.44 bits per heavy atom. The lowest BCUT2D eigenvalue weighted by atomic mass is 10.0. The van der Waals surface area contributed by atoms with Crippen molar-refractivity contribution < 1.29 is 14.3 Å². The second kappa shape index (κ2) is 17.4. The molecule has 0 aliphatic heterocycles. The van der Waals surface area contributed by atoms with Crippen molar-refractivity contribution >= 4 is 40.6 Å². The van der Waals surface area contributed by atoms with Crippen molar-refractivity contribution in [1.29, 1.82) is 0 Å². The lowest BCUT2D eigenvalue weighted by Crippen LogP contribution is -2.46. The molecule has 1 rings (SSSR count). The van der Waals surface area contributed by atoms with Crippen LogP contribution in [-0.2, 0) is 14.3 Å². The zero-order valence-corrected chi connectivity index (χ0v) is 21.4. The minimum absolute atomic E-state index is 0.162. The predicted octanol–water partition coefficient (Wildman–Crippen LogP) is 7.86. The summed E-state index contributed by atoms with van der Waals surface area (Å²) in [6, 6.07) is 8.87. The number of para-hydroxylation sites is 1. The molecule has 4 nitrogen and oxygen atoms in total. The first-order valence-electron chi connectivity index (χ1n) is 12.2. The van der Waals surface area contributed by atoms with E-state index in [1.165, 1.54) is 64.7 Å². The number of carbonyl (C=O) groups is 2. The molecule has 0 radical (unpaired) electrons. The number of benzene rings is 1. The van der Waals surface area contributed by atoms with Crippen LogP contribution < -0.4 is 5.32 Å². The maximum atomic E-state index is 12.5. The van der Waals surface area contributed by atoms with Gasteiger partial charge >= 0.3 is 0 Å². The maximum absolute atomic E-state index is 12.5. The van der Waals surface area contributed by atoms with Gasteiger partial charge in [-0.1, -0.05) is 94.5 Å². The van der Waals surface area contributed by atoms with Gasteiger partial charge < -0.3 is 10.1 Å². The molecule has 0 saturated heterocycles. The number of rotatable bonds is 19. The summed E-state index contributed by atoms with van der Waals surface area (Å²) in [5, 5.41) is 0.790. The number of halogens is 2. The van der Waals surface area contributed by atoms with E-state index in [0.29, 0.717) is 12.1 Å². The van der Waals surface area contributed by atoms with Gasteiger partial charge in [0, 0.05) is 17.7 Å². The number of hydrogen-bond donors (Lipinski definition) is 1. The quantitative estimate of drug-likeness (QED) is 0.123. The zero-order chi connectivity index (χ0) is 23.7. The number of alkyl halides is 2. The van der Waals surface area contributed by atoms with Crippen molar-refractivity contribution in [2.75, 3.05) is 11.9 Å². The van der Waals surface area contributed by atoms with Gasteiger partial charge in [-0.25, -0.2) is 0 Å². The number of unbranched alkanes of at least 4 members (excludes halogenated alkanes) is 9. The third-order valence-electron chi connectivity index (χ3n) is 5.61. The Labute approximate surface area is 204 Å². The van der Waals surface area contributed by atoms with E-state index in [2.05, 4.69) is 12.2 Å². The van der Waals surface area contributed by atoms with E-state index in [4.69, 9.17) is 27.9 Å². The number of carbonyl (C=O) groups excluding carboxylic acids is 2. The number of amides is 1. The van der Waals surface area contributed by atoms with Crippen LogP contribution in [0, 0.1) is 0 Å². The van der Waals surface area contributed by atoms with Crippen LogP contribution in [0.15, 0.2) is 30.3 Å². The van der Waals surface area contributed by atoms with Crippen molar-refractivity contribution in [2.45, 2.75) is 108 Å². The van der Waals surface area contributed by atoms with Gasteiger partial charge in [0.25, 0.3) is 11.0 Å². The van der Waals surface area contributed by atoms with E-state index in [-0.39, 0.29) is 12.0 Å². The maximum Gasteiger partial charge on any atom is 0.280 e. The molecule has 2 unspecified atom stereocenters. The highest BCUT2D eigenvalue weighted by Crippen LogP contribution is 2.23. The summed E-state index contributed by atoms with van der Waals surface area (Å²) in [5.41, 5.74) is 0.564. The molecule has 182 valence electrons. The molecule has 0 saturated carbocycles. The molecule has 0 heterocycles. The van der Waals surface area contributed by atoms with Gasteiger partial charge in [0.15, 0.2) is 5.78 Å². The number of hydrogen-bond acceptors (Lipinski definition) is 3. The van der Waals surface area contributed by atoms with Gasteiger partial charge in [-0.2, -0.15) is 0 Å². The third kappa shape index (κ3) is 12.2. The first kappa shape index (κ1) is 28.9. The first-order valence-corrected chi connectivity index (χ1v) is 13.1. The van der Waals surface area contributed by atoms with E-state index < -0.39 is 16.8 Å². The molecular weight excluding hydrogens is 445 g/mol. The van der Waals surface area contributed by atoms with Gasteiger partial charge in [-0.05, 0) is 44.7 Å². The lowest BCUT2D eigenvalue weighted by molar-refractivity contribution is -0.144. The molecule has 1 aromatic carbocycles. The van der Waals surface area contributed by atoms with Crippen LogP contribution in [0.2, 0.25) is 0 Å². The van der Waals surface area contributed by atoms with Crippen molar-refractivity contribution in [3.8, 4) is 0 Å². The topological polar surface area (TPSA) is 55.4 Å². The summed E-state index contributed by atoms with van der Waals surface area (Å²) in [4.78, 5) is 24.5. The van der Waals surface area contributed by atoms with Crippen molar-refractivity contribution in [2.24, 2.45) is 0 Å². The highest BCUT2D eigenvalue weighted by Gasteiger charge is 2.42. The van der Waals surface area contributed by atoms with Crippen LogP contribution in [0.25, 0.3) is 0 Å². The molecule has 6 heteroatoms. The number of nitrogens with one attached hydrogen (secondary N) is 1. The fraction of sp³-hybridized carbons (Fsp3) is 0.692. The van der Waals surface area contributed by atoms with Crippen LogP contribution in [0.4, 0.5) is 5.69 Å². The Kier molecular flexibility index (Phi) is 15.7. The van der Waals surface area contributed by atoms with Gasteiger partial charge in [0.1, 0.15) is 0 Å². The second-order valence-corrected chi connectivity index (χ2v) is 9.68. The minimum Gasteiger partial charge on any atom is -0.345 e. The van der Waals surface area contributed by atoms with E-state index in [1.54, 1.807) is 24.3 Å². The molecule has 0 aromatic heterocycles. The highest BCUT2D eigenvalue weighted by molar-refractivity contribution is 6.46. The second-order valence-electron chi connectivity index (χ2n) is 8.53. The van der Waals surface area contributed by atoms with E-state index in [0.717, 1.165) is 19.3 Å². The van der Waals surface area contributed by atoms with Gasteiger partial charge in [-0.3, -0.25) is 9.59 Å². The average Bonchev–Trinajstić information content (AvgIpc) is 2.78.